The lowest BCUT2D eigenvalue weighted by atomic mass is 9.85. The number of carbonyl (C=O) groups excluding carboxylic acids is 2. The van der Waals surface area contributed by atoms with Gasteiger partial charge in [-0.15, -0.1) is 0 Å². The topological polar surface area (TPSA) is 37.4 Å². The Hall–Kier alpha value is -0.860. The predicted molar refractivity (Wildman–Crippen MR) is 64.1 cm³/mol. The molecule has 1 amide bonds. The number of Topliss-reactive ketones (excluding diaryl/α,β-unsaturated/α-hetero) is 1. The number of amides is 1. The molecular weight excluding hydrogens is 202 g/mol. The van der Waals surface area contributed by atoms with Crippen LogP contribution in [0.5, 0.6) is 0 Å². The van der Waals surface area contributed by atoms with E-state index in [1.54, 1.807) is 6.92 Å². The number of rotatable bonds is 4. The number of ketones is 1. The highest BCUT2D eigenvalue weighted by Crippen LogP contribution is 2.30. The van der Waals surface area contributed by atoms with Crippen LogP contribution in [0, 0.1) is 5.41 Å². The average Bonchev–Trinajstić information content (AvgIpc) is 2.30. The van der Waals surface area contributed by atoms with Crippen molar-refractivity contribution in [1.82, 2.24) is 4.90 Å². The number of hydrogen-bond donors (Lipinski definition) is 0. The maximum absolute atomic E-state index is 11.8. The minimum absolute atomic E-state index is 0.211. The first-order valence-corrected chi connectivity index (χ1v) is 6.18. The zero-order valence-electron chi connectivity index (χ0n) is 10.7. The van der Waals surface area contributed by atoms with Gasteiger partial charge in [0.05, 0.1) is 0 Å². The fourth-order valence-corrected chi connectivity index (χ4v) is 2.05. The summed E-state index contributed by atoms with van der Waals surface area (Å²) in [6.45, 7) is 7.64. The highest BCUT2D eigenvalue weighted by atomic mass is 16.2. The third-order valence-corrected chi connectivity index (χ3v) is 3.38. The molecule has 0 aromatic carbocycles. The first kappa shape index (κ1) is 13.2. The molecule has 1 heterocycles. The second-order valence-corrected chi connectivity index (χ2v) is 5.60. The molecule has 0 aromatic heterocycles. The van der Waals surface area contributed by atoms with Crippen LogP contribution < -0.4 is 0 Å². The normalized spacial score (nSPS) is 20.7. The standard InChI is InChI=1S/C13H23NO2/c1-11(15)5-4-9-14-10-8-13(2,3)7-6-12(14)16/h4-10H2,1-3H3. The Morgan fingerprint density at radius 2 is 2.06 bits per heavy atom. The van der Waals surface area contributed by atoms with Crippen molar-refractivity contribution in [3.8, 4) is 0 Å². The molecule has 1 rings (SSSR count). The van der Waals surface area contributed by atoms with Crippen molar-refractivity contribution in [2.75, 3.05) is 13.1 Å². The van der Waals surface area contributed by atoms with E-state index >= 15 is 0 Å². The van der Waals surface area contributed by atoms with Crippen molar-refractivity contribution >= 4 is 11.7 Å². The molecule has 0 N–H and O–H groups in total. The predicted octanol–water partition coefficient (Wildman–Crippen LogP) is 2.39. The molecule has 0 unspecified atom stereocenters. The molecule has 16 heavy (non-hydrogen) atoms. The third-order valence-electron chi connectivity index (χ3n) is 3.38. The minimum Gasteiger partial charge on any atom is -0.343 e. The summed E-state index contributed by atoms with van der Waals surface area (Å²) in [6.07, 6.45) is 4.11. The van der Waals surface area contributed by atoms with Gasteiger partial charge in [0.15, 0.2) is 0 Å². The highest BCUT2D eigenvalue weighted by Gasteiger charge is 2.26. The molecular formula is C13H23NO2. The van der Waals surface area contributed by atoms with E-state index in [0.29, 0.717) is 12.8 Å². The van der Waals surface area contributed by atoms with Crippen LogP contribution in [0.15, 0.2) is 0 Å². The lowest BCUT2D eigenvalue weighted by molar-refractivity contribution is -0.131. The quantitative estimate of drug-likeness (QED) is 0.736. The molecule has 1 aliphatic rings. The zero-order chi connectivity index (χ0) is 12.2. The Bertz CT molecular complexity index is 271. The second kappa shape index (κ2) is 5.46. The van der Waals surface area contributed by atoms with Crippen molar-refractivity contribution < 1.29 is 9.59 Å². The van der Waals surface area contributed by atoms with Gasteiger partial charge in [-0.25, -0.2) is 0 Å². The summed E-state index contributed by atoms with van der Waals surface area (Å²) in [5, 5.41) is 0. The van der Waals surface area contributed by atoms with Gasteiger partial charge in [0.25, 0.3) is 0 Å². The summed E-state index contributed by atoms with van der Waals surface area (Å²) in [6, 6.07) is 0. The molecule has 0 saturated carbocycles. The van der Waals surface area contributed by atoms with Gasteiger partial charge < -0.3 is 9.69 Å². The molecule has 3 nitrogen and oxygen atoms in total. The van der Waals surface area contributed by atoms with E-state index in [0.717, 1.165) is 32.4 Å². The average molecular weight is 225 g/mol. The number of nitrogens with zero attached hydrogens (tertiary/aromatic N) is 1. The monoisotopic (exact) mass is 225 g/mol. The first-order valence-electron chi connectivity index (χ1n) is 6.18. The highest BCUT2D eigenvalue weighted by molar-refractivity contribution is 5.77. The van der Waals surface area contributed by atoms with Gasteiger partial charge >= 0.3 is 0 Å². The van der Waals surface area contributed by atoms with Crippen molar-refractivity contribution in [2.24, 2.45) is 5.41 Å². The zero-order valence-corrected chi connectivity index (χ0v) is 10.7. The second-order valence-electron chi connectivity index (χ2n) is 5.60. The molecule has 1 aliphatic heterocycles. The van der Waals surface area contributed by atoms with Crippen LogP contribution in [0.1, 0.15) is 52.9 Å². The SMILES string of the molecule is CC(=O)CCCN1CCC(C)(C)CCC1=O. The van der Waals surface area contributed by atoms with E-state index in [1.807, 2.05) is 4.90 Å². The van der Waals surface area contributed by atoms with Crippen molar-refractivity contribution in [3.63, 3.8) is 0 Å². The van der Waals surface area contributed by atoms with E-state index in [-0.39, 0.29) is 17.1 Å². The van der Waals surface area contributed by atoms with Gasteiger partial charge in [0, 0.05) is 25.9 Å². The Kier molecular flexibility index (Phi) is 4.51. The van der Waals surface area contributed by atoms with E-state index in [9.17, 15) is 9.59 Å². The maximum atomic E-state index is 11.8. The number of carbonyl (C=O) groups is 2. The maximum Gasteiger partial charge on any atom is 0.222 e. The lowest BCUT2D eigenvalue weighted by Crippen LogP contribution is -2.31. The first-order chi connectivity index (χ1) is 7.41. The van der Waals surface area contributed by atoms with Crippen LogP contribution in [0.3, 0.4) is 0 Å². The molecule has 0 atom stereocenters. The summed E-state index contributed by atoms with van der Waals surface area (Å²) in [7, 11) is 0. The Morgan fingerprint density at radius 1 is 1.38 bits per heavy atom. The van der Waals surface area contributed by atoms with Crippen LogP contribution in [0.25, 0.3) is 0 Å². The Balaban J connectivity index is 2.41. The molecule has 0 bridgehead atoms. The lowest BCUT2D eigenvalue weighted by Gasteiger charge is -2.23. The fraction of sp³-hybridized carbons (Fsp3) is 0.846. The number of hydrogen-bond acceptors (Lipinski definition) is 2. The molecule has 1 fully saturated rings. The van der Waals surface area contributed by atoms with Gasteiger partial charge in [-0.3, -0.25) is 4.79 Å². The van der Waals surface area contributed by atoms with Crippen molar-refractivity contribution in [1.29, 1.82) is 0 Å². The van der Waals surface area contributed by atoms with Crippen LogP contribution >= 0.6 is 0 Å². The minimum atomic E-state index is 0.211. The molecule has 92 valence electrons. The van der Waals surface area contributed by atoms with E-state index in [1.165, 1.54) is 0 Å². The van der Waals surface area contributed by atoms with Gasteiger partial charge in [-0.2, -0.15) is 0 Å². The summed E-state index contributed by atoms with van der Waals surface area (Å²) in [5.74, 6) is 0.469. The largest absolute Gasteiger partial charge is 0.343 e. The van der Waals surface area contributed by atoms with Gasteiger partial charge in [0.2, 0.25) is 5.91 Å². The molecule has 0 spiro atoms. The van der Waals surface area contributed by atoms with Crippen molar-refractivity contribution in [3.05, 3.63) is 0 Å². The van der Waals surface area contributed by atoms with Crippen LogP contribution in [-0.2, 0) is 9.59 Å². The van der Waals surface area contributed by atoms with Gasteiger partial charge in [0.1, 0.15) is 5.78 Å². The van der Waals surface area contributed by atoms with E-state index in [4.69, 9.17) is 0 Å². The summed E-state index contributed by atoms with van der Waals surface area (Å²) >= 11 is 0. The summed E-state index contributed by atoms with van der Waals surface area (Å²) in [5.41, 5.74) is 0.283. The smallest absolute Gasteiger partial charge is 0.222 e. The molecule has 0 radical (unpaired) electrons. The molecule has 3 heteroatoms. The van der Waals surface area contributed by atoms with Gasteiger partial charge in [-0.1, -0.05) is 13.8 Å². The molecule has 0 aromatic rings. The molecule has 1 saturated heterocycles. The number of likely N-dealkylation sites (tertiary alicyclic amines) is 1. The third kappa shape index (κ3) is 4.33. The van der Waals surface area contributed by atoms with Crippen LogP contribution in [0.2, 0.25) is 0 Å². The van der Waals surface area contributed by atoms with Crippen LogP contribution in [0.4, 0.5) is 0 Å². The Labute approximate surface area is 98.2 Å². The van der Waals surface area contributed by atoms with Crippen LogP contribution in [-0.4, -0.2) is 29.7 Å². The van der Waals surface area contributed by atoms with Crippen molar-refractivity contribution in [2.45, 2.75) is 52.9 Å². The fourth-order valence-electron chi connectivity index (χ4n) is 2.05. The molecule has 0 aliphatic carbocycles. The van der Waals surface area contributed by atoms with E-state index < -0.39 is 0 Å². The Morgan fingerprint density at radius 3 is 2.69 bits per heavy atom. The summed E-state index contributed by atoms with van der Waals surface area (Å²) < 4.78 is 0. The van der Waals surface area contributed by atoms with Gasteiger partial charge in [-0.05, 0) is 31.6 Å². The summed E-state index contributed by atoms with van der Waals surface area (Å²) in [4.78, 5) is 24.6. The van der Waals surface area contributed by atoms with E-state index in [2.05, 4.69) is 13.8 Å².